The van der Waals surface area contributed by atoms with Crippen molar-refractivity contribution < 1.29 is 23.9 Å². The van der Waals surface area contributed by atoms with Crippen molar-refractivity contribution >= 4 is 17.6 Å². The molecular formula is C17H30N2O5. The van der Waals surface area contributed by atoms with Crippen molar-refractivity contribution in [3.05, 3.63) is 0 Å². The first-order chi connectivity index (χ1) is 11.6. The Morgan fingerprint density at radius 3 is 2.38 bits per heavy atom. The first-order valence-corrected chi connectivity index (χ1v) is 8.72. The molecule has 1 rings (SSSR count). The van der Waals surface area contributed by atoms with Crippen molar-refractivity contribution in [2.75, 3.05) is 33.5 Å². The Balaban J connectivity index is 2.13. The van der Waals surface area contributed by atoms with E-state index in [2.05, 4.69) is 10.6 Å². The van der Waals surface area contributed by atoms with Crippen LogP contribution in [-0.2, 0) is 23.9 Å². The molecule has 0 bridgehead atoms. The van der Waals surface area contributed by atoms with Crippen LogP contribution in [-0.4, -0.2) is 57.1 Å². The third kappa shape index (κ3) is 8.40. The van der Waals surface area contributed by atoms with Gasteiger partial charge >= 0.3 is 0 Å². The molecule has 0 saturated heterocycles. The molecule has 0 aromatic rings. The molecule has 7 nitrogen and oxygen atoms in total. The molecule has 0 aromatic heterocycles. The molecule has 1 aliphatic carbocycles. The summed E-state index contributed by atoms with van der Waals surface area (Å²) in [4.78, 5) is 35.2. The van der Waals surface area contributed by atoms with Crippen molar-refractivity contribution in [3.63, 3.8) is 0 Å². The third-order valence-electron chi connectivity index (χ3n) is 4.16. The maximum Gasteiger partial charge on any atom is 0.246 e. The zero-order chi connectivity index (χ0) is 17.8. The Labute approximate surface area is 143 Å². The minimum Gasteiger partial charge on any atom is -0.382 e. The molecule has 0 spiro atoms. The normalized spacial score (nSPS) is 20.4. The largest absolute Gasteiger partial charge is 0.382 e. The number of methoxy groups -OCH3 is 1. The van der Waals surface area contributed by atoms with Crippen molar-refractivity contribution in [2.45, 2.75) is 51.5 Å². The second-order valence-electron chi connectivity index (χ2n) is 6.15. The Hall–Kier alpha value is -1.47. The van der Waals surface area contributed by atoms with Gasteiger partial charge in [0.15, 0.2) is 0 Å². The standard InChI is InChI=1S/C17H30N2O5/c1-3-4-15(20)13-5-7-14(8-6-13)19-16(21)11-18-17(22)12-24-10-9-23-2/h13-14H,3-12H2,1-2H3,(H,18,22)(H,19,21). The van der Waals surface area contributed by atoms with Crippen LogP contribution in [0.2, 0.25) is 0 Å². The van der Waals surface area contributed by atoms with Crippen LogP contribution in [0.5, 0.6) is 0 Å². The minimum atomic E-state index is -0.324. The molecule has 0 radical (unpaired) electrons. The van der Waals surface area contributed by atoms with E-state index >= 15 is 0 Å². The molecule has 0 heterocycles. The lowest BCUT2D eigenvalue weighted by Gasteiger charge is -2.28. The van der Waals surface area contributed by atoms with E-state index in [1.807, 2.05) is 6.92 Å². The van der Waals surface area contributed by atoms with Gasteiger partial charge in [-0.05, 0) is 32.1 Å². The highest BCUT2D eigenvalue weighted by atomic mass is 16.5. The third-order valence-corrected chi connectivity index (χ3v) is 4.16. The number of rotatable bonds is 11. The van der Waals surface area contributed by atoms with Crippen LogP contribution in [0, 0.1) is 5.92 Å². The maximum atomic E-state index is 11.9. The van der Waals surface area contributed by atoms with E-state index in [1.54, 1.807) is 7.11 Å². The quantitative estimate of drug-likeness (QED) is 0.542. The smallest absolute Gasteiger partial charge is 0.246 e. The monoisotopic (exact) mass is 342 g/mol. The average molecular weight is 342 g/mol. The molecule has 0 aliphatic heterocycles. The van der Waals surface area contributed by atoms with Crippen molar-refractivity contribution in [3.8, 4) is 0 Å². The van der Waals surface area contributed by atoms with Crippen LogP contribution >= 0.6 is 0 Å². The van der Waals surface area contributed by atoms with E-state index in [0.29, 0.717) is 25.4 Å². The second kappa shape index (κ2) is 12.0. The SMILES string of the molecule is CCCC(=O)C1CCC(NC(=O)CNC(=O)COCCOC)CC1. The Morgan fingerprint density at radius 2 is 1.75 bits per heavy atom. The summed E-state index contributed by atoms with van der Waals surface area (Å²) in [6, 6.07) is 0.0954. The predicted octanol–water partition coefficient (Wildman–Crippen LogP) is 0.810. The summed E-state index contributed by atoms with van der Waals surface area (Å²) in [6.07, 6.45) is 4.86. The van der Waals surface area contributed by atoms with Gasteiger partial charge in [-0.15, -0.1) is 0 Å². The van der Waals surface area contributed by atoms with Gasteiger partial charge in [0.1, 0.15) is 12.4 Å². The number of carbonyl (C=O) groups is 3. The number of ketones is 1. The zero-order valence-electron chi connectivity index (χ0n) is 14.8. The molecule has 1 aliphatic rings. The van der Waals surface area contributed by atoms with E-state index in [9.17, 15) is 14.4 Å². The van der Waals surface area contributed by atoms with Crippen LogP contribution in [0.4, 0.5) is 0 Å². The van der Waals surface area contributed by atoms with E-state index < -0.39 is 0 Å². The number of carbonyl (C=O) groups excluding carboxylic acids is 3. The maximum absolute atomic E-state index is 11.9. The van der Waals surface area contributed by atoms with Gasteiger partial charge in [-0.25, -0.2) is 0 Å². The molecule has 0 atom stereocenters. The Morgan fingerprint density at radius 1 is 1.04 bits per heavy atom. The van der Waals surface area contributed by atoms with Crippen LogP contribution in [0.1, 0.15) is 45.4 Å². The molecule has 2 N–H and O–H groups in total. The van der Waals surface area contributed by atoms with E-state index in [4.69, 9.17) is 9.47 Å². The number of amides is 2. The lowest BCUT2D eigenvalue weighted by molar-refractivity contribution is -0.129. The highest BCUT2D eigenvalue weighted by Crippen LogP contribution is 2.26. The molecule has 0 unspecified atom stereocenters. The molecule has 1 fully saturated rings. The summed E-state index contributed by atoms with van der Waals surface area (Å²) in [5.41, 5.74) is 0. The average Bonchev–Trinajstić information content (AvgIpc) is 2.58. The van der Waals surface area contributed by atoms with Gasteiger partial charge in [-0.1, -0.05) is 6.92 Å². The lowest BCUT2D eigenvalue weighted by Crippen LogP contribution is -2.44. The van der Waals surface area contributed by atoms with E-state index in [-0.39, 0.29) is 36.9 Å². The number of hydrogen-bond acceptors (Lipinski definition) is 5. The van der Waals surface area contributed by atoms with E-state index in [1.165, 1.54) is 0 Å². The number of Topliss-reactive ketones (excluding diaryl/α,β-unsaturated/α-hetero) is 1. The summed E-state index contributed by atoms with van der Waals surface area (Å²) in [5, 5.41) is 5.44. The van der Waals surface area contributed by atoms with Gasteiger partial charge in [0.05, 0.1) is 19.8 Å². The highest BCUT2D eigenvalue weighted by molar-refractivity contribution is 5.85. The molecule has 7 heteroatoms. The number of nitrogens with one attached hydrogen (secondary N) is 2. The highest BCUT2D eigenvalue weighted by Gasteiger charge is 2.26. The first-order valence-electron chi connectivity index (χ1n) is 8.72. The van der Waals surface area contributed by atoms with Gasteiger partial charge in [0.25, 0.3) is 0 Å². The molecule has 138 valence electrons. The second-order valence-corrected chi connectivity index (χ2v) is 6.15. The first kappa shape index (κ1) is 20.6. The topological polar surface area (TPSA) is 93.7 Å². The minimum absolute atomic E-state index is 0.0544. The molecule has 24 heavy (non-hydrogen) atoms. The van der Waals surface area contributed by atoms with Crippen LogP contribution in [0.25, 0.3) is 0 Å². The predicted molar refractivity (Wildman–Crippen MR) is 89.5 cm³/mol. The fraction of sp³-hybridized carbons (Fsp3) is 0.824. The van der Waals surface area contributed by atoms with Gasteiger partial charge in [-0.2, -0.15) is 0 Å². The molecular weight excluding hydrogens is 312 g/mol. The summed E-state index contributed by atoms with van der Waals surface area (Å²) in [7, 11) is 1.56. The van der Waals surface area contributed by atoms with Crippen LogP contribution in [0.3, 0.4) is 0 Å². The summed E-state index contributed by atoms with van der Waals surface area (Å²) in [6.45, 7) is 2.65. The van der Waals surface area contributed by atoms with Gasteiger partial charge in [-0.3, -0.25) is 14.4 Å². The Bertz CT molecular complexity index is 406. The summed E-state index contributed by atoms with van der Waals surface area (Å²) >= 11 is 0. The molecule has 2 amide bonds. The van der Waals surface area contributed by atoms with Crippen molar-refractivity contribution in [1.82, 2.24) is 10.6 Å². The number of hydrogen-bond donors (Lipinski definition) is 2. The van der Waals surface area contributed by atoms with Gasteiger partial charge in [0, 0.05) is 25.5 Å². The zero-order valence-corrected chi connectivity index (χ0v) is 14.8. The molecule has 0 aromatic carbocycles. The summed E-state index contributed by atoms with van der Waals surface area (Å²) < 4.78 is 9.87. The van der Waals surface area contributed by atoms with Gasteiger partial charge in [0.2, 0.25) is 11.8 Å². The fourth-order valence-electron chi connectivity index (χ4n) is 2.83. The van der Waals surface area contributed by atoms with Crippen LogP contribution < -0.4 is 10.6 Å². The van der Waals surface area contributed by atoms with Gasteiger partial charge < -0.3 is 20.1 Å². The summed E-state index contributed by atoms with van der Waals surface area (Å²) in [5.74, 6) is -0.0243. The van der Waals surface area contributed by atoms with Crippen LogP contribution in [0.15, 0.2) is 0 Å². The van der Waals surface area contributed by atoms with Crippen molar-refractivity contribution in [1.29, 1.82) is 0 Å². The lowest BCUT2D eigenvalue weighted by atomic mass is 9.82. The fourth-order valence-corrected chi connectivity index (χ4v) is 2.83. The number of ether oxygens (including phenoxy) is 2. The Kier molecular flexibility index (Phi) is 10.3. The van der Waals surface area contributed by atoms with Crippen molar-refractivity contribution in [2.24, 2.45) is 5.92 Å². The molecule has 1 saturated carbocycles. The van der Waals surface area contributed by atoms with E-state index in [0.717, 1.165) is 32.1 Å².